The Kier molecular flexibility index (Phi) is 5.76. The lowest BCUT2D eigenvalue weighted by atomic mass is 9.89. The zero-order chi connectivity index (χ0) is 14.5. The van der Waals surface area contributed by atoms with E-state index >= 15 is 0 Å². The second-order valence-electron chi connectivity index (χ2n) is 4.88. The minimum Gasteiger partial charge on any atom is -0.469 e. The van der Waals surface area contributed by atoms with Crippen molar-refractivity contribution >= 4 is 16.0 Å². The van der Waals surface area contributed by atoms with Crippen molar-refractivity contribution in [1.29, 1.82) is 5.26 Å². The first-order chi connectivity index (χ1) is 8.92. The maximum atomic E-state index is 12.2. The molecule has 0 aliphatic heterocycles. The van der Waals surface area contributed by atoms with Gasteiger partial charge in [0.15, 0.2) is 0 Å². The normalized spacial score (nSPS) is 25.3. The van der Waals surface area contributed by atoms with Crippen LogP contribution in [0.5, 0.6) is 0 Å². The third-order valence-corrected chi connectivity index (χ3v) is 5.35. The van der Waals surface area contributed by atoms with Gasteiger partial charge < -0.3 is 4.74 Å². The number of hydrogen-bond acceptors (Lipinski definition) is 5. The molecular weight excluding hydrogens is 268 g/mol. The van der Waals surface area contributed by atoms with E-state index in [4.69, 9.17) is 5.26 Å². The van der Waals surface area contributed by atoms with Crippen LogP contribution in [-0.4, -0.2) is 33.3 Å². The quantitative estimate of drug-likeness (QED) is 0.755. The van der Waals surface area contributed by atoms with Crippen molar-refractivity contribution in [2.24, 2.45) is 11.8 Å². The number of ether oxygens (including phenoxy) is 1. The van der Waals surface area contributed by atoms with E-state index in [1.54, 1.807) is 6.92 Å². The molecule has 0 amide bonds. The Hall–Kier alpha value is -1.13. The molecule has 0 unspecified atom stereocenters. The van der Waals surface area contributed by atoms with Crippen molar-refractivity contribution in [2.45, 2.75) is 37.9 Å². The largest absolute Gasteiger partial charge is 0.469 e. The van der Waals surface area contributed by atoms with Crippen LogP contribution in [0.4, 0.5) is 0 Å². The Bertz CT molecular complexity index is 455. The van der Waals surface area contributed by atoms with Gasteiger partial charge >= 0.3 is 5.97 Å². The van der Waals surface area contributed by atoms with E-state index in [1.165, 1.54) is 7.11 Å². The summed E-state index contributed by atoms with van der Waals surface area (Å²) in [5, 5.41) is 7.91. The van der Waals surface area contributed by atoms with Gasteiger partial charge in [-0.25, -0.2) is 13.1 Å². The summed E-state index contributed by atoms with van der Waals surface area (Å²) < 4.78 is 31.5. The van der Waals surface area contributed by atoms with Crippen LogP contribution in [0, 0.1) is 23.2 Å². The molecule has 3 atom stereocenters. The third kappa shape index (κ3) is 4.18. The molecule has 108 valence electrons. The van der Waals surface area contributed by atoms with Crippen molar-refractivity contribution < 1.29 is 17.9 Å². The average molecular weight is 288 g/mol. The summed E-state index contributed by atoms with van der Waals surface area (Å²) in [5.41, 5.74) is 0. The number of rotatable bonds is 5. The molecule has 1 fully saturated rings. The van der Waals surface area contributed by atoms with Crippen LogP contribution in [0.1, 0.15) is 32.6 Å². The van der Waals surface area contributed by atoms with E-state index < -0.39 is 33.1 Å². The van der Waals surface area contributed by atoms with E-state index in [0.717, 1.165) is 12.8 Å². The maximum absolute atomic E-state index is 12.2. The first-order valence-corrected chi connectivity index (χ1v) is 7.93. The number of sulfonamides is 1. The van der Waals surface area contributed by atoms with Crippen LogP contribution in [0.2, 0.25) is 0 Å². The van der Waals surface area contributed by atoms with Crippen molar-refractivity contribution in [3.8, 4) is 6.07 Å². The SMILES string of the molecule is COC(=O)[C@@H]1CCCC[C@@H]1S(=O)(=O)NC[C@@H](C)C#N. The van der Waals surface area contributed by atoms with Crippen molar-refractivity contribution in [3.63, 3.8) is 0 Å². The van der Waals surface area contributed by atoms with Crippen LogP contribution in [-0.2, 0) is 19.6 Å². The molecule has 6 nitrogen and oxygen atoms in total. The fourth-order valence-corrected chi connectivity index (χ4v) is 4.14. The van der Waals surface area contributed by atoms with Crippen LogP contribution in [0.25, 0.3) is 0 Å². The highest BCUT2D eigenvalue weighted by Gasteiger charge is 2.40. The molecule has 1 aliphatic carbocycles. The monoisotopic (exact) mass is 288 g/mol. The zero-order valence-corrected chi connectivity index (χ0v) is 12.1. The highest BCUT2D eigenvalue weighted by atomic mass is 32.2. The van der Waals surface area contributed by atoms with Gasteiger partial charge in [0.25, 0.3) is 0 Å². The Morgan fingerprint density at radius 2 is 2.11 bits per heavy atom. The van der Waals surface area contributed by atoms with Gasteiger partial charge in [-0.15, -0.1) is 0 Å². The molecule has 0 aromatic rings. The molecule has 1 N–H and O–H groups in total. The zero-order valence-electron chi connectivity index (χ0n) is 11.3. The molecule has 1 rings (SSSR count). The summed E-state index contributed by atoms with van der Waals surface area (Å²) in [6.45, 7) is 1.71. The van der Waals surface area contributed by atoms with Gasteiger partial charge in [0, 0.05) is 6.54 Å². The molecule has 0 bridgehead atoms. The average Bonchev–Trinajstić information content (AvgIpc) is 2.43. The minimum atomic E-state index is -3.59. The van der Waals surface area contributed by atoms with Crippen LogP contribution in [0.3, 0.4) is 0 Å². The molecule has 1 aliphatic rings. The molecule has 7 heteroatoms. The van der Waals surface area contributed by atoms with Crippen molar-refractivity contribution in [3.05, 3.63) is 0 Å². The van der Waals surface area contributed by atoms with E-state index in [2.05, 4.69) is 9.46 Å². The summed E-state index contributed by atoms with van der Waals surface area (Å²) in [4.78, 5) is 11.7. The lowest BCUT2D eigenvalue weighted by molar-refractivity contribution is -0.146. The molecular formula is C12H20N2O4S. The fourth-order valence-electron chi connectivity index (χ4n) is 2.28. The third-order valence-electron chi connectivity index (χ3n) is 3.42. The second kappa shape index (κ2) is 6.87. The Morgan fingerprint density at radius 1 is 1.47 bits per heavy atom. The second-order valence-corrected chi connectivity index (χ2v) is 6.86. The predicted molar refractivity (Wildman–Crippen MR) is 69.5 cm³/mol. The molecule has 0 saturated heterocycles. The smallest absolute Gasteiger partial charge is 0.310 e. The van der Waals surface area contributed by atoms with Gasteiger partial charge in [-0.3, -0.25) is 4.79 Å². The lowest BCUT2D eigenvalue weighted by Gasteiger charge is -2.29. The van der Waals surface area contributed by atoms with E-state index in [0.29, 0.717) is 12.8 Å². The minimum absolute atomic E-state index is 0.0726. The molecule has 0 aromatic carbocycles. The van der Waals surface area contributed by atoms with Crippen molar-refractivity contribution in [1.82, 2.24) is 4.72 Å². The van der Waals surface area contributed by atoms with Crippen LogP contribution in [0.15, 0.2) is 0 Å². The van der Waals surface area contributed by atoms with Gasteiger partial charge in [-0.1, -0.05) is 12.8 Å². The van der Waals surface area contributed by atoms with Crippen LogP contribution < -0.4 is 4.72 Å². The Morgan fingerprint density at radius 3 is 2.68 bits per heavy atom. The first-order valence-electron chi connectivity index (χ1n) is 6.38. The van der Waals surface area contributed by atoms with Gasteiger partial charge in [0.2, 0.25) is 10.0 Å². The summed E-state index contributed by atoms with van der Waals surface area (Å²) >= 11 is 0. The van der Waals surface area contributed by atoms with E-state index in [1.807, 2.05) is 6.07 Å². The lowest BCUT2D eigenvalue weighted by Crippen LogP contribution is -2.45. The number of nitrogens with one attached hydrogen (secondary N) is 1. The van der Waals surface area contributed by atoms with E-state index in [9.17, 15) is 13.2 Å². The number of nitrogens with zero attached hydrogens (tertiary/aromatic N) is 1. The number of hydrogen-bond donors (Lipinski definition) is 1. The number of methoxy groups -OCH3 is 1. The molecule has 0 aromatic heterocycles. The number of esters is 1. The highest BCUT2D eigenvalue weighted by molar-refractivity contribution is 7.90. The summed E-state index contributed by atoms with van der Waals surface area (Å²) in [7, 11) is -2.33. The summed E-state index contributed by atoms with van der Waals surface area (Å²) in [6.07, 6.45) is 2.61. The highest BCUT2D eigenvalue weighted by Crippen LogP contribution is 2.30. The predicted octanol–water partition coefficient (Wildman–Crippen LogP) is 0.797. The molecule has 19 heavy (non-hydrogen) atoms. The van der Waals surface area contributed by atoms with Crippen LogP contribution >= 0.6 is 0 Å². The number of nitriles is 1. The van der Waals surface area contributed by atoms with Gasteiger partial charge in [0.1, 0.15) is 0 Å². The summed E-state index contributed by atoms with van der Waals surface area (Å²) in [6, 6.07) is 1.97. The number of carbonyl (C=O) groups excluding carboxylic acids is 1. The molecule has 0 heterocycles. The molecule has 0 radical (unpaired) electrons. The number of carbonyl (C=O) groups is 1. The Labute approximate surface area is 114 Å². The topological polar surface area (TPSA) is 96.3 Å². The fraction of sp³-hybridized carbons (Fsp3) is 0.833. The molecule has 0 spiro atoms. The standard InChI is InChI=1S/C12H20N2O4S/c1-9(7-13)8-14-19(16,17)11-6-4-3-5-10(11)12(15)18-2/h9-11,14H,3-6,8H2,1-2H3/t9-,10+,11-/m0/s1. The Balaban J connectivity index is 2.79. The maximum Gasteiger partial charge on any atom is 0.310 e. The summed E-state index contributed by atoms with van der Waals surface area (Å²) in [5.74, 6) is -1.47. The van der Waals surface area contributed by atoms with Crippen molar-refractivity contribution in [2.75, 3.05) is 13.7 Å². The van der Waals surface area contributed by atoms with Gasteiger partial charge in [-0.2, -0.15) is 5.26 Å². The molecule has 1 saturated carbocycles. The van der Waals surface area contributed by atoms with E-state index in [-0.39, 0.29) is 6.54 Å². The van der Waals surface area contributed by atoms with Gasteiger partial charge in [0.05, 0.1) is 30.3 Å². The first kappa shape index (κ1) is 15.9. The van der Waals surface area contributed by atoms with Gasteiger partial charge in [-0.05, 0) is 19.8 Å².